The van der Waals surface area contributed by atoms with Crippen LogP contribution in [0.2, 0.25) is 0 Å². The summed E-state index contributed by atoms with van der Waals surface area (Å²) in [5, 5.41) is 0. The Morgan fingerprint density at radius 2 is 1.64 bits per heavy atom. The van der Waals surface area contributed by atoms with Crippen LogP contribution < -0.4 is 12.4 Å². The molecule has 0 nitrogen and oxygen atoms in total. The molecule has 0 atom stereocenters. The van der Waals surface area contributed by atoms with E-state index in [-0.39, 0.29) is 35.5 Å². The first-order chi connectivity index (χ1) is 4.33. The molecule has 0 amide bonds. The molecule has 1 aromatic rings. The van der Waals surface area contributed by atoms with Crippen LogP contribution in [0.4, 0.5) is 0 Å². The Kier molecular flexibility index (Phi) is 8.75. The van der Waals surface area contributed by atoms with Gasteiger partial charge in [0.05, 0.1) is 0 Å². The molecule has 1 aromatic carbocycles. The average Bonchev–Trinajstić information content (AvgIpc) is 1.90. The van der Waals surface area contributed by atoms with Crippen molar-refractivity contribution in [2.24, 2.45) is 0 Å². The molecule has 0 fully saturated rings. The third kappa shape index (κ3) is 4.67. The standard InChI is InChI=1S/C9H11.ClH.Mg/c1-3-9-6-4-8(2)5-7-9;;/h4-7H,1,3H2,2H3;1H;/q-1;;+2/p-1. The van der Waals surface area contributed by atoms with Crippen LogP contribution in [0.25, 0.3) is 0 Å². The molecular formula is C9H11ClMg. The van der Waals surface area contributed by atoms with E-state index in [0.29, 0.717) is 0 Å². The van der Waals surface area contributed by atoms with Crippen LogP contribution in [-0.4, -0.2) is 23.1 Å². The molecule has 2 heteroatoms. The first kappa shape index (κ1) is 13.8. The molecule has 11 heavy (non-hydrogen) atoms. The predicted molar refractivity (Wildman–Crippen MR) is 46.0 cm³/mol. The molecule has 0 aliphatic rings. The van der Waals surface area contributed by atoms with Crippen molar-refractivity contribution in [2.45, 2.75) is 13.3 Å². The van der Waals surface area contributed by atoms with Gasteiger partial charge in [0.1, 0.15) is 0 Å². The molecule has 0 heterocycles. The molecule has 0 bridgehead atoms. The van der Waals surface area contributed by atoms with E-state index in [4.69, 9.17) is 0 Å². The molecule has 0 radical (unpaired) electrons. The Labute approximate surface area is 90.9 Å². The first-order valence-corrected chi connectivity index (χ1v) is 3.17. The Morgan fingerprint density at radius 3 is 2.00 bits per heavy atom. The Hall–Kier alpha value is 0.276. The van der Waals surface area contributed by atoms with E-state index in [2.05, 4.69) is 38.1 Å². The van der Waals surface area contributed by atoms with Crippen molar-refractivity contribution in [3.05, 3.63) is 42.3 Å². The number of halogens is 1. The van der Waals surface area contributed by atoms with E-state index in [1.807, 2.05) is 0 Å². The third-order valence-electron chi connectivity index (χ3n) is 1.41. The molecule has 0 N–H and O–H groups in total. The van der Waals surface area contributed by atoms with Crippen LogP contribution >= 0.6 is 0 Å². The van der Waals surface area contributed by atoms with Crippen molar-refractivity contribution in [3.8, 4) is 0 Å². The smallest absolute Gasteiger partial charge is 1.00 e. The number of aryl methyl sites for hydroxylation is 1. The fourth-order valence-corrected chi connectivity index (χ4v) is 0.755. The minimum Gasteiger partial charge on any atom is -1.00 e. The second-order valence-electron chi connectivity index (χ2n) is 2.24. The van der Waals surface area contributed by atoms with Crippen molar-refractivity contribution in [3.63, 3.8) is 0 Å². The molecule has 1 rings (SSSR count). The van der Waals surface area contributed by atoms with E-state index < -0.39 is 0 Å². The zero-order valence-corrected chi connectivity index (χ0v) is 8.98. The summed E-state index contributed by atoms with van der Waals surface area (Å²) in [4.78, 5) is 0. The normalized spacial score (nSPS) is 7.82. The van der Waals surface area contributed by atoms with Crippen LogP contribution in [-0.2, 0) is 6.42 Å². The maximum atomic E-state index is 3.79. The summed E-state index contributed by atoms with van der Waals surface area (Å²) in [7, 11) is 0. The monoisotopic (exact) mass is 178 g/mol. The minimum absolute atomic E-state index is 0. The van der Waals surface area contributed by atoms with Gasteiger partial charge in [-0.3, -0.25) is 0 Å². The molecule has 0 unspecified atom stereocenters. The third-order valence-corrected chi connectivity index (χ3v) is 1.41. The minimum atomic E-state index is 0. The van der Waals surface area contributed by atoms with Crippen molar-refractivity contribution >= 4 is 23.1 Å². The van der Waals surface area contributed by atoms with Crippen molar-refractivity contribution in [1.29, 1.82) is 0 Å². The summed E-state index contributed by atoms with van der Waals surface area (Å²) >= 11 is 0. The molecular weight excluding hydrogens is 168 g/mol. The van der Waals surface area contributed by atoms with Gasteiger partial charge in [-0.15, -0.1) is 0 Å². The number of rotatable bonds is 1. The predicted octanol–water partition coefficient (Wildman–Crippen LogP) is -1.01. The van der Waals surface area contributed by atoms with Crippen molar-refractivity contribution < 1.29 is 12.4 Å². The first-order valence-electron chi connectivity index (χ1n) is 3.17. The van der Waals surface area contributed by atoms with Gasteiger partial charge in [-0.2, -0.15) is 6.42 Å². The van der Waals surface area contributed by atoms with E-state index in [1.54, 1.807) is 0 Å². The zero-order valence-electron chi connectivity index (χ0n) is 6.81. The van der Waals surface area contributed by atoms with Gasteiger partial charge >= 0.3 is 23.1 Å². The van der Waals surface area contributed by atoms with Gasteiger partial charge in [0.25, 0.3) is 0 Å². The fraction of sp³-hybridized carbons (Fsp3) is 0.222. The number of hydrogen-bond donors (Lipinski definition) is 0. The molecule has 0 aromatic heterocycles. The zero-order chi connectivity index (χ0) is 6.69. The SMILES string of the molecule is [CH2-]Cc1ccc(C)cc1.[Cl-].[Mg+2]. The largest absolute Gasteiger partial charge is 2.00 e. The summed E-state index contributed by atoms with van der Waals surface area (Å²) in [6.45, 7) is 5.88. The van der Waals surface area contributed by atoms with Crippen molar-refractivity contribution in [2.75, 3.05) is 0 Å². The van der Waals surface area contributed by atoms with E-state index in [1.165, 1.54) is 11.1 Å². The van der Waals surface area contributed by atoms with Gasteiger partial charge < -0.3 is 19.3 Å². The van der Waals surface area contributed by atoms with Gasteiger partial charge in [0.2, 0.25) is 0 Å². The Bertz CT molecular complexity index is 181. The maximum absolute atomic E-state index is 3.79. The molecule has 0 saturated heterocycles. The number of benzene rings is 1. The quantitative estimate of drug-likeness (QED) is 0.383. The summed E-state index contributed by atoms with van der Waals surface area (Å²) in [6, 6.07) is 8.45. The summed E-state index contributed by atoms with van der Waals surface area (Å²) in [5.74, 6) is 0. The molecule has 56 valence electrons. The topological polar surface area (TPSA) is 0 Å². The van der Waals surface area contributed by atoms with Crippen LogP contribution in [0.3, 0.4) is 0 Å². The average molecular weight is 179 g/mol. The van der Waals surface area contributed by atoms with E-state index >= 15 is 0 Å². The summed E-state index contributed by atoms with van der Waals surface area (Å²) in [6.07, 6.45) is 0.889. The van der Waals surface area contributed by atoms with Crippen LogP contribution in [0.5, 0.6) is 0 Å². The molecule has 0 spiro atoms. The molecule has 0 aliphatic heterocycles. The van der Waals surface area contributed by atoms with Gasteiger partial charge in [-0.05, 0) is 6.92 Å². The van der Waals surface area contributed by atoms with Gasteiger partial charge in [-0.1, -0.05) is 35.4 Å². The number of hydrogen-bond acceptors (Lipinski definition) is 0. The summed E-state index contributed by atoms with van der Waals surface area (Å²) < 4.78 is 0. The second-order valence-corrected chi connectivity index (χ2v) is 2.24. The fourth-order valence-electron chi connectivity index (χ4n) is 0.755. The van der Waals surface area contributed by atoms with Crippen LogP contribution in [0.1, 0.15) is 11.1 Å². The van der Waals surface area contributed by atoms with E-state index in [9.17, 15) is 0 Å². The Morgan fingerprint density at radius 1 is 1.18 bits per heavy atom. The second kappa shape index (κ2) is 6.95. The van der Waals surface area contributed by atoms with Crippen molar-refractivity contribution in [1.82, 2.24) is 0 Å². The van der Waals surface area contributed by atoms with Crippen LogP contribution in [0, 0.1) is 13.8 Å². The Balaban J connectivity index is 0. The van der Waals surface area contributed by atoms with Gasteiger partial charge in [0, 0.05) is 0 Å². The van der Waals surface area contributed by atoms with Gasteiger partial charge in [0.15, 0.2) is 0 Å². The maximum Gasteiger partial charge on any atom is 2.00 e. The molecule has 0 saturated carbocycles. The van der Waals surface area contributed by atoms with E-state index in [0.717, 1.165) is 6.42 Å². The van der Waals surface area contributed by atoms with Crippen LogP contribution in [0.15, 0.2) is 24.3 Å². The van der Waals surface area contributed by atoms with Gasteiger partial charge in [-0.25, -0.2) is 0 Å². The summed E-state index contributed by atoms with van der Waals surface area (Å²) in [5.41, 5.74) is 2.62. The molecule has 0 aliphatic carbocycles.